The summed E-state index contributed by atoms with van der Waals surface area (Å²) in [5.41, 5.74) is 4.98. The van der Waals surface area contributed by atoms with E-state index in [1.54, 1.807) is 13.2 Å². The van der Waals surface area contributed by atoms with Gasteiger partial charge in [-0.2, -0.15) is 0 Å². The van der Waals surface area contributed by atoms with Crippen LogP contribution in [0.2, 0.25) is 5.02 Å². The Morgan fingerprint density at radius 1 is 0.882 bits per heavy atom. The molecule has 1 amide bonds. The Labute approximate surface area is 201 Å². The number of aromatic nitrogens is 2. The third-order valence-corrected chi connectivity index (χ3v) is 6.47. The van der Waals surface area contributed by atoms with Crippen LogP contribution in [0.3, 0.4) is 0 Å². The lowest BCUT2D eigenvalue weighted by Crippen LogP contribution is -2.14. The zero-order valence-corrected chi connectivity index (χ0v) is 19.1. The van der Waals surface area contributed by atoms with E-state index < -0.39 is 5.92 Å². The Bertz CT molecular complexity index is 1560. The Hall–Kier alpha value is -4.09. The molecule has 5 aromatic rings. The molecular weight excluding hydrogens is 446 g/mol. The topological polar surface area (TPSA) is 67.0 Å². The minimum Gasteiger partial charge on any atom is -0.497 e. The van der Waals surface area contributed by atoms with E-state index >= 15 is 0 Å². The molecule has 5 nitrogen and oxygen atoms in total. The molecule has 0 spiro atoms. The molecule has 2 heterocycles. The number of aromatic amines is 1. The van der Waals surface area contributed by atoms with Gasteiger partial charge >= 0.3 is 0 Å². The van der Waals surface area contributed by atoms with Crippen molar-refractivity contribution in [2.45, 2.75) is 5.92 Å². The number of rotatable bonds is 4. The van der Waals surface area contributed by atoms with Crippen LogP contribution in [0.15, 0.2) is 84.9 Å². The highest BCUT2D eigenvalue weighted by Gasteiger charge is 2.36. The van der Waals surface area contributed by atoms with Gasteiger partial charge in [0.2, 0.25) is 5.91 Å². The first-order chi connectivity index (χ1) is 16.6. The first-order valence-electron chi connectivity index (χ1n) is 10.9. The SMILES string of the molecule is COc1ccc2cc(-c3nc(-c4ccccc4)c(C4C(=O)Nc5ccc(Cl)cc54)[nH]3)ccc2c1. The van der Waals surface area contributed by atoms with E-state index in [-0.39, 0.29) is 5.91 Å². The first kappa shape index (κ1) is 20.5. The van der Waals surface area contributed by atoms with Crippen molar-refractivity contribution in [3.05, 3.63) is 101 Å². The molecule has 0 bridgehead atoms. The first-order valence-corrected chi connectivity index (χ1v) is 11.3. The van der Waals surface area contributed by atoms with Crippen LogP contribution in [0.25, 0.3) is 33.4 Å². The highest BCUT2D eigenvalue weighted by molar-refractivity contribution is 6.31. The number of anilines is 1. The monoisotopic (exact) mass is 465 g/mol. The van der Waals surface area contributed by atoms with Crippen molar-refractivity contribution < 1.29 is 9.53 Å². The molecule has 0 saturated heterocycles. The Kier molecular flexibility index (Phi) is 4.85. The van der Waals surface area contributed by atoms with Gasteiger partial charge in [0.15, 0.2) is 0 Å². The van der Waals surface area contributed by atoms with E-state index in [2.05, 4.69) is 22.4 Å². The van der Waals surface area contributed by atoms with E-state index in [0.29, 0.717) is 10.8 Å². The summed E-state index contributed by atoms with van der Waals surface area (Å²) >= 11 is 6.28. The lowest BCUT2D eigenvalue weighted by atomic mass is 9.94. The molecule has 2 N–H and O–H groups in total. The average molecular weight is 466 g/mol. The summed E-state index contributed by atoms with van der Waals surface area (Å²) in [6.07, 6.45) is 0. The van der Waals surface area contributed by atoms with Crippen molar-refractivity contribution in [3.63, 3.8) is 0 Å². The van der Waals surface area contributed by atoms with E-state index in [9.17, 15) is 4.79 Å². The molecule has 0 radical (unpaired) electrons. The third kappa shape index (κ3) is 3.42. The number of H-pyrrole nitrogens is 1. The van der Waals surface area contributed by atoms with Crippen LogP contribution in [-0.4, -0.2) is 23.0 Å². The molecule has 1 aliphatic rings. The molecule has 166 valence electrons. The number of hydrogen-bond donors (Lipinski definition) is 2. The molecule has 1 atom stereocenters. The van der Waals surface area contributed by atoms with E-state index in [0.717, 1.165) is 50.3 Å². The minimum absolute atomic E-state index is 0.102. The van der Waals surface area contributed by atoms with E-state index in [4.69, 9.17) is 21.3 Å². The highest BCUT2D eigenvalue weighted by Crippen LogP contribution is 2.42. The van der Waals surface area contributed by atoms with Gasteiger partial charge in [-0.05, 0) is 52.7 Å². The van der Waals surface area contributed by atoms with Crippen LogP contribution in [0, 0.1) is 0 Å². The number of carbonyl (C=O) groups excluding carboxylic acids is 1. The van der Waals surface area contributed by atoms with Crippen molar-refractivity contribution in [1.82, 2.24) is 9.97 Å². The maximum atomic E-state index is 13.1. The second-order valence-electron chi connectivity index (χ2n) is 8.30. The average Bonchev–Trinajstić information content (AvgIpc) is 3.44. The van der Waals surface area contributed by atoms with Gasteiger partial charge in [0.25, 0.3) is 0 Å². The quantitative estimate of drug-likeness (QED) is 0.312. The normalized spacial score (nSPS) is 14.8. The molecule has 1 unspecified atom stereocenters. The predicted octanol–water partition coefficient (Wildman–Crippen LogP) is 6.64. The second-order valence-corrected chi connectivity index (χ2v) is 8.73. The molecule has 0 fully saturated rings. The van der Waals surface area contributed by atoms with Crippen LogP contribution in [-0.2, 0) is 4.79 Å². The van der Waals surface area contributed by atoms with Crippen LogP contribution in [0.4, 0.5) is 5.69 Å². The lowest BCUT2D eigenvalue weighted by Gasteiger charge is -2.10. The molecule has 6 heteroatoms. The fraction of sp³-hybridized carbons (Fsp3) is 0.0714. The lowest BCUT2D eigenvalue weighted by molar-refractivity contribution is -0.116. The van der Waals surface area contributed by atoms with Crippen LogP contribution in [0.5, 0.6) is 5.75 Å². The summed E-state index contributed by atoms with van der Waals surface area (Å²) in [5.74, 6) is 0.886. The molecule has 0 saturated carbocycles. The number of benzene rings is 4. The van der Waals surface area contributed by atoms with Gasteiger partial charge in [-0.3, -0.25) is 4.79 Å². The third-order valence-electron chi connectivity index (χ3n) is 6.23. The number of hydrogen-bond acceptors (Lipinski definition) is 3. The van der Waals surface area contributed by atoms with Gasteiger partial charge in [0, 0.05) is 21.8 Å². The Morgan fingerprint density at radius 3 is 2.50 bits per heavy atom. The van der Waals surface area contributed by atoms with Gasteiger partial charge in [-0.25, -0.2) is 4.98 Å². The fourth-order valence-electron chi connectivity index (χ4n) is 4.57. The van der Waals surface area contributed by atoms with E-state index in [1.165, 1.54) is 0 Å². The molecule has 1 aromatic heterocycles. The predicted molar refractivity (Wildman–Crippen MR) is 135 cm³/mol. The Balaban J connectivity index is 1.52. The molecule has 4 aromatic carbocycles. The minimum atomic E-state index is -0.533. The number of imidazole rings is 1. The number of carbonyl (C=O) groups is 1. The van der Waals surface area contributed by atoms with Crippen molar-refractivity contribution >= 4 is 34.0 Å². The summed E-state index contributed by atoms with van der Waals surface area (Å²) in [4.78, 5) is 21.5. The molecule has 34 heavy (non-hydrogen) atoms. The van der Waals surface area contributed by atoms with Crippen LogP contribution < -0.4 is 10.1 Å². The standard InChI is InChI=1S/C28H20ClN3O2/c1-34-21-11-9-17-13-19(8-7-18(17)14-21)27-31-25(16-5-3-2-4-6-16)26(32-27)24-22-15-20(29)10-12-23(22)30-28(24)33/h2-15,24H,1H3,(H,30,33)(H,31,32). The van der Waals surface area contributed by atoms with Gasteiger partial charge < -0.3 is 15.0 Å². The van der Waals surface area contributed by atoms with Crippen LogP contribution >= 0.6 is 11.6 Å². The zero-order valence-electron chi connectivity index (χ0n) is 18.3. The fourth-order valence-corrected chi connectivity index (χ4v) is 4.75. The van der Waals surface area contributed by atoms with Crippen molar-refractivity contribution in [2.24, 2.45) is 0 Å². The highest BCUT2D eigenvalue weighted by atomic mass is 35.5. The summed E-state index contributed by atoms with van der Waals surface area (Å²) in [7, 11) is 1.66. The summed E-state index contributed by atoms with van der Waals surface area (Å²) in [6, 6.07) is 27.5. The largest absolute Gasteiger partial charge is 0.497 e. The molecule has 6 rings (SSSR count). The molecule has 0 aliphatic carbocycles. The number of nitrogens with one attached hydrogen (secondary N) is 2. The second kappa shape index (κ2) is 8.04. The summed E-state index contributed by atoms with van der Waals surface area (Å²) in [5, 5.41) is 5.73. The van der Waals surface area contributed by atoms with Crippen molar-refractivity contribution in [2.75, 3.05) is 12.4 Å². The van der Waals surface area contributed by atoms with Crippen molar-refractivity contribution in [3.8, 4) is 28.4 Å². The number of fused-ring (bicyclic) bond motifs is 2. The van der Waals surface area contributed by atoms with Gasteiger partial charge in [-0.15, -0.1) is 0 Å². The number of methoxy groups -OCH3 is 1. The molecular formula is C28H20ClN3O2. The summed E-state index contributed by atoms with van der Waals surface area (Å²) < 4.78 is 5.34. The number of ether oxygens (including phenoxy) is 1. The number of nitrogens with zero attached hydrogens (tertiary/aromatic N) is 1. The van der Waals surface area contributed by atoms with Gasteiger partial charge in [0.05, 0.1) is 18.5 Å². The smallest absolute Gasteiger partial charge is 0.238 e. The van der Waals surface area contributed by atoms with E-state index in [1.807, 2.05) is 66.7 Å². The van der Waals surface area contributed by atoms with Crippen molar-refractivity contribution in [1.29, 1.82) is 0 Å². The van der Waals surface area contributed by atoms with Crippen LogP contribution in [0.1, 0.15) is 17.2 Å². The number of halogens is 1. The van der Waals surface area contributed by atoms with Gasteiger partial charge in [0.1, 0.15) is 17.5 Å². The molecule has 1 aliphatic heterocycles. The van der Waals surface area contributed by atoms with Gasteiger partial charge in [-0.1, -0.05) is 60.1 Å². The zero-order chi connectivity index (χ0) is 23.2. The maximum absolute atomic E-state index is 13.1. The Morgan fingerprint density at radius 2 is 1.68 bits per heavy atom. The maximum Gasteiger partial charge on any atom is 0.238 e. The summed E-state index contributed by atoms with van der Waals surface area (Å²) in [6.45, 7) is 0. The number of amides is 1.